The van der Waals surface area contributed by atoms with E-state index in [1.807, 2.05) is 47.2 Å². The van der Waals surface area contributed by atoms with Crippen LogP contribution in [0, 0.1) is 0 Å². The van der Waals surface area contributed by atoms with Gasteiger partial charge in [0.25, 0.3) is 5.91 Å². The first kappa shape index (κ1) is 22.3. The molecule has 0 unspecified atom stereocenters. The van der Waals surface area contributed by atoms with Crippen LogP contribution in [0.1, 0.15) is 12.0 Å². The molecule has 33 heavy (non-hydrogen) atoms. The molecule has 2 aromatic carbocycles. The number of aromatic nitrogens is 1. The van der Waals surface area contributed by atoms with Crippen LogP contribution in [0.3, 0.4) is 0 Å². The predicted octanol–water partition coefficient (Wildman–Crippen LogP) is 2.75. The summed E-state index contributed by atoms with van der Waals surface area (Å²) in [6, 6.07) is 13.3. The molecule has 4 amide bonds. The summed E-state index contributed by atoms with van der Waals surface area (Å²) in [4.78, 5) is 39.1. The van der Waals surface area contributed by atoms with Gasteiger partial charge in [-0.05, 0) is 24.3 Å². The monoisotopic (exact) mass is 450 g/mol. The number of methoxy groups -OCH3 is 2. The molecule has 9 nitrogen and oxygen atoms in total. The van der Waals surface area contributed by atoms with Crippen LogP contribution in [-0.2, 0) is 27.4 Å². The number of para-hydroxylation sites is 1. The maximum Gasteiger partial charge on any atom is 0.325 e. The fourth-order valence-electron chi connectivity index (χ4n) is 3.97. The lowest BCUT2D eigenvalue weighted by molar-refractivity contribution is -0.130. The number of nitrogens with one attached hydrogen (secondary N) is 2. The number of urea groups is 1. The molecule has 2 N–H and O–H groups in total. The molecule has 4 rings (SSSR count). The van der Waals surface area contributed by atoms with Gasteiger partial charge >= 0.3 is 6.03 Å². The van der Waals surface area contributed by atoms with Gasteiger partial charge in [-0.1, -0.05) is 24.3 Å². The van der Waals surface area contributed by atoms with Crippen molar-refractivity contribution < 1.29 is 23.9 Å². The number of hydrogen-bond acceptors (Lipinski definition) is 5. The molecule has 0 bridgehead atoms. The highest BCUT2D eigenvalue weighted by Gasteiger charge is 2.39. The van der Waals surface area contributed by atoms with E-state index in [9.17, 15) is 14.4 Å². The lowest BCUT2D eigenvalue weighted by atomic mass is 10.1. The highest BCUT2D eigenvalue weighted by Crippen LogP contribution is 2.26. The number of rotatable bonds is 9. The zero-order chi connectivity index (χ0) is 23.4. The van der Waals surface area contributed by atoms with Crippen LogP contribution < -0.4 is 15.4 Å². The second kappa shape index (κ2) is 9.74. The van der Waals surface area contributed by atoms with Gasteiger partial charge in [-0.25, -0.2) is 4.79 Å². The van der Waals surface area contributed by atoms with Gasteiger partial charge in [-0.15, -0.1) is 0 Å². The van der Waals surface area contributed by atoms with Crippen LogP contribution in [0.4, 0.5) is 10.5 Å². The molecule has 0 saturated carbocycles. The van der Waals surface area contributed by atoms with Crippen molar-refractivity contribution in [3.63, 3.8) is 0 Å². The Morgan fingerprint density at radius 3 is 2.70 bits per heavy atom. The standard InChI is InChI=1S/C24H26N4O5/c1-32-13-12-27-11-10-17-18(7-5-8-20(17)27)25-22(29)14-19-23(30)28(24(31)26-19)15-16-6-3-4-9-21(16)33-2/h3-11,19H,12-15H2,1-2H3,(H,25,29)(H,26,31)/t19-/m0/s1. The Kier molecular flexibility index (Phi) is 6.60. The van der Waals surface area contributed by atoms with Crippen molar-refractivity contribution in [3.05, 3.63) is 60.3 Å². The molecule has 172 valence electrons. The maximum absolute atomic E-state index is 12.8. The number of hydrogen-bond donors (Lipinski definition) is 2. The lowest BCUT2D eigenvalue weighted by Gasteiger charge is -2.15. The maximum atomic E-state index is 12.8. The molecule has 1 fully saturated rings. The Bertz CT molecular complexity index is 1190. The quantitative estimate of drug-likeness (QED) is 0.488. The number of anilines is 1. The van der Waals surface area contributed by atoms with Gasteiger partial charge in [-0.3, -0.25) is 14.5 Å². The van der Waals surface area contributed by atoms with Crippen LogP contribution in [0.5, 0.6) is 5.75 Å². The van der Waals surface area contributed by atoms with E-state index < -0.39 is 18.0 Å². The molecule has 0 spiro atoms. The van der Waals surface area contributed by atoms with Crippen LogP contribution >= 0.6 is 0 Å². The molecule has 0 aliphatic carbocycles. The first-order valence-corrected chi connectivity index (χ1v) is 10.6. The van der Waals surface area contributed by atoms with Crippen molar-refractivity contribution in [3.8, 4) is 5.75 Å². The average Bonchev–Trinajstić information content (AvgIpc) is 3.34. The third kappa shape index (κ3) is 4.68. The van der Waals surface area contributed by atoms with Crippen LogP contribution in [0.15, 0.2) is 54.7 Å². The smallest absolute Gasteiger partial charge is 0.325 e. The Morgan fingerprint density at radius 2 is 1.91 bits per heavy atom. The zero-order valence-corrected chi connectivity index (χ0v) is 18.5. The third-order valence-electron chi connectivity index (χ3n) is 5.64. The molecule has 3 aromatic rings. The zero-order valence-electron chi connectivity index (χ0n) is 18.5. The minimum atomic E-state index is -0.919. The number of carbonyl (C=O) groups is 3. The topological polar surface area (TPSA) is 102 Å². The number of amides is 4. The molecule has 9 heteroatoms. The van der Waals surface area contributed by atoms with Crippen molar-refractivity contribution in [1.82, 2.24) is 14.8 Å². The summed E-state index contributed by atoms with van der Waals surface area (Å²) in [6.07, 6.45) is 1.78. The van der Waals surface area contributed by atoms with Crippen molar-refractivity contribution in [1.29, 1.82) is 0 Å². The van der Waals surface area contributed by atoms with Crippen molar-refractivity contribution >= 4 is 34.4 Å². The number of nitrogens with zero attached hydrogens (tertiary/aromatic N) is 2. The van der Waals surface area contributed by atoms with E-state index in [0.717, 1.165) is 15.8 Å². The number of ether oxygens (including phenoxy) is 2. The molecule has 1 aromatic heterocycles. The third-order valence-corrected chi connectivity index (χ3v) is 5.64. The van der Waals surface area contributed by atoms with E-state index in [4.69, 9.17) is 9.47 Å². The fourth-order valence-corrected chi connectivity index (χ4v) is 3.97. The van der Waals surface area contributed by atoms with E-state index in [2.05, 4.69) is 10.6 Å². The van der Waals surface area contributed by atoms with Crippen molar-refractivity contribution in [2.45, 2.75) is 25.6 Å². The number of imide groups is 1. The summed E-state index contributed by atoms with van der Waals surface area (Å²) in [5, 5.41) is 6.37. The highest BCUT2D eigenvalue weighted by molar-refractivity contribution is 6.08. The largest absolute Gasteiger partial charge is 0.496 e. The summed E-state index contributed by atoms with van der Waals surface area (Å²) >= 11 is 0. The number of carbonyl (C=O) groups excluding carboxylic acids is 3. The van der Waals surface area contributed by atoms with Crippen LogP contribution in [0.2, 0.25) is 0 Å². The second-order valence-electron chi connectivity index (χ2n) is 7.73. The van der Waals surface area contributed by atoms with E-state index >= 15 is 0 Å². The van der Waals surface area contributed by atoms with E-state index in [1.165, 1.54) is 7.11 Å². The molecular weight excluding hydrogens is 424 g/mol. The Hall–Kier alpha value is -3.85. The summed E-state index contributed by atoms with van der Waals surface area (Å²) in [5.74, 6) is -0.209. The van der Waals surface area contributed by atoms with Gasteiger partial charge in [0.15, 0.2) is 0 Å². The first-order valence-electron chi connectivity index (χ1n) is 10.6. The molecular formula is C24H26N4O5. The van der Waals surface area contributed by atoms with E-state index in [1.54, 1.807) is 19.2 Å². The van der Waals surface area contributed by atoms with Crippen LogP contribution in [-0.4, -0.2) is 54.2 Å². The Morgan fingerprint density at radius 1 is 1.09 bits per heavy atom. The Labute approximate surface area is 191 Å². The predicted molar refractivity (Wildman–Crippen MR) is 123 cm³/mol. The van der Waals surface area contributed by atoms with Gasteiger partial charge < -0.3 is 24.7 Å². The number of benzene rings is 2. The SMILES string of the molecule is COCCn1ccc2c(NC(=O)C[C@@H]3NC(=O)N(Cc4ccccc4OC)C3=O)cccc21. The van der Waals surface area contributed by atoms with E-state index in [0.29, 0.717) is 30.2 Å². The van der Waals surface area contributed by atoms with Crippen molar-refractivity contribution in [2.75, 3.05) is 26.1 Å². The average molecular weight is 450 g/mol. The van der Waals surface area contributed by atoms with Gasteiger partial charge in [-0.2, -0.15) is 0 Å². The van der Waals surface area contributed by atoms with Gasteiger partial charge in [0.1, 0.15) is 11.8 Å². The van der Waals surface area contributed by atoms with Crippen molar-refractivity contribution in [2.24, 2.45) is 0 Å². The molecule has 0 radical (unpaired) electrons. The molecule has 2 heterocycles. The lowest BCUT2D eigenvalue weighted by Crippen LogP contribution is -2.34. The molecule has 1 atom stereocenters. The first-order chi connectivity index (χ1) is 16.0. The molecule has 1 aliphatic rings. The molecule has 1 saturated heterocycles. The molecule has 1 aliphatic heterocycles. The highest BCUT2D eigenvalue weighted by atomic mass is 16.5. The summed E-state index contributed by atoms with van der Waals surface area (Å²) in [5.41, 5.74) is 2.33. The van der Waals surface area contributed by atoms with E-state index in [-0.39, 0.29) is 18.9 Å². The fraction of sp³-hybridized carbons (Fsp3) is 0.292. The van der Waals surface area contributed by atoms with Crippen LogP contribution in [0.25, 0.3) is 10.9 Å². The second-order valence-corrected chi connectivity index (χ2v) is 7.73. The number of fused-ring (bicyclic) bond motifs is 1. The van der Waals surface area contributed by atoms with Gasteiger partial charge in [0, 0.05) is 30.8 Å². The normalized spacial score (nSPS) is 15.7. The minimum absolute atomic E-state index is 0.0705. The van der Waals surface area contributed by atoms with Gasteiger partial charge in [0.2, 0.25) is 5.91 Å². The summed E-state index contributed by atoms with van der Waals surface area (Å²) in [6.45, 7) is 1.35. The minimum Gasteiger partial charge on any atom is -0.496 e. The summed E-state index contributed by atoms with van der Waals surface area (Å²) < 4.78 is 12.5. The summed E-state index contributed by atoms with van der Waals surface area (Å²) in [7, 11) is 3.18. The van der Waals surface area contributed by atoms with Gasteiger partial charge in [0.05, 0.1) is 37.9 Å². The Balaban J connectivity index is 1.42.